The monoisotopic (exact) mass is 364 g/mol. The standard InChI is InChI=1S/C18H12N4O3S/c1-9-3-2-4-13-15(9)21-17(26-13)16-20-14(25-22-16)8-10-5-6-12-11(7-10)19-18(23)24-12/h2-7H,8H2,1H3,(H,19,23). The Labute approximate surface area is 150 Å². The van der Waals surface area contributed by atoms with Gasteiger partial charge in [-0.2, -0.15) is 4.98 Å². The number of aromatic amines is 1. The molecule has 0 saturated heterocycles. The molecule has 128 valence electrons. The minimum atomic E-state index is -0.469. The maximum atomic E-state index is 11.2. The van der Waals surface area contributed by atoms with Crippen molar-refractivity contribution in [3.63, 3.8) is 0 Å². The first-order valence-electron chi connectivity index (χ1n) is 7.96. The Morgan fingerprint density at radius 3 is 3.00 bits per heavy atom. The first-order valence-corrected chi connectivity index (χ1v) is 8.78. The van der Waals surface area contributed by atoms with E-state index in [2.05, 4.69) is 20.1 Å². The second-order valence-electron chi connectivity index (χ2n) is 5.97. The van der Waals surface area contributed by atoms with Gasteiger partial charge in [-0.3, -0.25) is 4.98 Å². The van der Waals surface area contributed by atoms with Gasteiger partial charge in [-0.1, -0.05) is 23.4 Å². The highest BCUT2D eigenvalue weighted by Gasteiger charge is 2.15. The Balaban J connectivity index is 1.46. The van der Waals surface area contributed by atoms with Gasteiger partial charge in [0, 0.05) is 0 Å². The first-order chi connectivity index (χ1) is 12.7. The molecular formula is C18H12N4O3S. The van der Waals surface area contributed by atoms with Gasteiger partial charge in [0.15, 0.2) is 10.6 Å². The molecule has 0 bridgehead atoms. The molecule has 0 aliphatic heterocycles. The number of rotatable bonds is 3. The van der Waals surface area contributed by atoms with Crippen LogP contribution in [0.25, 0.3) is 32.1 Å². The Kier molecular flexibility index (Phi) is 3.26. The van der Waals surface area contributed by atoms with E-state index in [9.17, 15) is 4.79 Å². The molecule has 2 aromatic carbocycles. The summed E-state index contributed by atoms with van der Waals surface area (Å²) >= 11 is 1.54. The predicted molar refractivity (Wildman–Crippen MR) is 97.3 cm³/mol. The Morgan fingerprint density at radius 2 is 2.12 bits per heavy atom. The zero-order chi connectivity index (χ0) is 17.7. The Morgan fingerprint density at radius 1 is 1.19 bits per heavy atom. The molecule has 0 spiro atoms. The molecule has 3 aromatic heterocycles. The van der Waals surface area contributed by atoms with E-state index < -0.39 is 5.76 Å². The number of para-hydroxylation sites is 1. The van der Waals surface area contributed by atoms with Crippen molar-refractivity contribution >= 4 is 32.7 Å². The van der Waals surface area contributed by atoms with E-state index in [0.717, 1.165) is 26.4 Å². The van der Waals surface area contributed by atoms with Crippen LogP contribution in [0, 0.1) is 6.92 Å². The van der Waals surface area contributed by atoms with Gasteiger partial charge in [-0.15, -0.1) is 11.3 Å². The van der Waals surface area contributed by atoms with Crippen molar-refractivity contribution in [1.82, 2.24) is 20.1 Å². The Bertz CT molecular complexity index is 1310. The van der Waals surface area contributed by atoms with Gasteiger partial charge in [-0.05, 0) is 36.2 Å². The van der Waals surface area contributed by atoms with E-state index >= 15 is 0 Å². The summed E-state index contributed by atoms with van der Waals surface area (Å²) < 4.78 is 11.5. The maximum absolute atomic E-state index is 11.2. The summed E-state index contributed by atoms with van der Waals surface area (Å²) in [5.74, 6) is 0.503. The summed E-state index contributed by atoms with van der Waals surface area (Å²) in [6.45, 7) is 2.03. The highest BCUT2D eigenvalue weighted by atomic mass is 32.1. The van der Waals surface area contributed by atoms with Crippen LogP contribution in [-0.4, -0.2) is 20.1 Å². The van der Waals surface area contributed by atoms with E-state index in [-0.39, 0.29) is 0 Å². The molecule has 0 saturated carbocycles. The topological polar surface area (TPSA) is 97.8 Å². The van der Waals surface area contributed by atoms with Crippen molar-refractivity contribution in [3.05, 3.63) is 64.0 Å². The SMILES string of the molecule is Cc1cccc2sc(-c3noc(Cc4ccc5oc(=O)[nH]c5c4)n3)nc12. The molecule has 5 rings (SSSR count). The lowest BCUT2D eigenvalue weighted by atomic mass is 10.1. The molecule has 0 aliphatic rings. The Hall–Kier alpha value is -3.26. The van der Waals surface area contributed by atoms with E-state index in [1.165, 1.54) is 0 Å². The summed E-state index contributed by atoms with van der Waals surface area (Å²) in [6.07, 6.45) is 0.458. The second-order valence-corrected chi connectivity index (χ2v) is 7.00. The number of hydrogen-bond donors (Lipinski definition) is 1. The van der Waals surface area contributed by atoms with Crippen molar-refractivity contribution in [2.75, 3.05) is 0 Å². The minimum absolute atomic E-state index is 0.458. The van der Waals surface area contributed by atoms with E-state index in [0.29, 0.717) is 29.2 Å². The fourth-order valence-electron chi connectivity index (χ4n) is 2.88. The predicted octanol–water partition coefficient (Wildman–Crippen LogP) is 3.68. The third kappa shape index (κ3) is 2.51. The maximum Gasteiger partial charge on any atom is 0.417 e. The number of thiazole rings is 1. The van der Waals surface area contributed by atoms with E-state index in [1.807, 2.05) is 37.3 Å². The zero-order valence-corrected chi connectivity index (χ0v) is 14.5. The van der Waals surface area contributed by atoms with Gasteiger partial charge in [0.05, 0.1) is 22.2 Å². The van der Waals surface area contributed by atoms with Gasteiger partial charge in [-0.25, -0.2) is 9.78 Å². The van der Waals surface area contributed by atoms with Gasteiger partial charge in [0.25, 0.3) is 0 Å². The minimum Gasteiger partial charge on any atom is -0.408 e. The summed E-state index contributed by atoms with van der Waals surface area (Å²) in [5, 5.41) is 4.79. The third-order valence-electron chi connectivity index (χ3n) is 4.12. The van der Waals surface area contributed by atoms with Crippen molar-refractivity contribution in [1.29, 1.82) is 0 Å². The van der Waals surface area contributed by atoms with Crippen LogP contribution < -0.4 is 5.76 Å². The normalized spacial score (nSPS) is 11.6. The molecule has 0 atom stereocenters. The number of fused-ring (bicyclic) bond motifs is 2. The summed E-state index contributed by atoms with van der Waals surface area (Å²) in [5.41, 5.74) is 4.19. The van der Waals surface area contributed by atoms with Crippen molar-refractivity contribution in [2.24, 2.45) is 0 Å². The molecule has 0 radical (unpaired) electrons. The molecule has 0 amide bonds. The molecule has 1 N–H and O–H groups in total. The number of aromatic nitrogens is 4. The van der Waals surface area contributed by atoms with Gasteiger partial charge in [0.2, 0.25) is 11.7 Å². The molecule has 0 fully saturated rings. The number of nitrogens with one attached hydrogen (secondary N) is 1. The molecule has 8 heteroatoms. The van der Waals surface area contributed by atoms with Gasteiger partial charge >= 0.3 is 5.76 Å². The second kappa shape index (κ2) is 5.63. The largest absolute Gasteiger partial charge is 0.417 e. The van der Waals surface area contributed by atoms with Crippen LogP contribution in [0.5, 0.6) is 0 Å². The average molecular weight is 364 g/mol. The summed E-state index contributed by atoms with van der Waals surface area (Å²) in [7, 11) is 0. The number of nitrogens with zero attached hydrogens (tertiary/aromatic N) is 3. The van der Waals surface area contributed by atoms with Crippen LogP contribution in [0.2, 0.25) is 0 Å². The van der Waals surface area contributed by atoms with E-state index in [4.69, 9.17) is 8.94 Å². The quantitative estimate of drug-likeness (QED) is 0.524. The molecule has 0 aliphatic carbocycles. The fourth-order valence-corrected chi connectivity index (χ4v) is 3.85. The van der Waals surface area contributed by atoms with Crippen LogP contribution in [0.1, 0.15) is 17.0 Å². The van der Waals surface area contributed by atoms with Gasteiger partial charge in [0.1, 0.15) is 0 Å². The van der Waals surface area contributed by atoms with Crippen molar-refractivity contribution < 1.29 is 8.94 Å². The lowest BCUT2D eigenvalue weighted by Gasteiger charge is -1.95. The lowest BCUT2D eigenvalue weighted by Crippen LogP contribution is -1.93. The van der Waals surface area contributed by atoms with E-state index in [1.54, 1.807) is 17.4 Å². The zero-order valence-electron chi connectivity index (χ0n) is 13.6. The van der Waals surface area contributed by atoms with Gasteiger partial charge < -0.3 is 8.94 Å². The molecule has 7 nitrogen and oxygen atoms in total. The summed E-state index contributed by atoms with van der Waals surface area (Å²) in [4.78, 5) is 23.0. The smallest absolute Gasteiger partial charge is 0.408 e. The average Bonchev–Trinajstić information content (AvgIpc) is 3.31. The first kappa shape index (κ1) is 15.0. The number of benzene rings is 2. The number of oxazole rings is 1. The highest BCUT2D eigenvalue weighted by Crippen LogP contribution is 2.30. The lowest BCUT2D eigenvalue weighted by molar-refractivity contribution is 0.385. The van der Waals surface area contributed by atoms with Crippen molar-refractivity contribution in [2.45, 2.75) is 13.3 Å². The number of aryl methyl sites for hydroxylation is 1. The number of H-pyrrole nitrogens is 1. The molecular weight excluding hydrogens is 352 g/mol. The fraction of sp³-hybridized carbons (Fsp3) is 0.111. The highest BCUT2D eigenvalue weighted by molar-refractivity contribution is 7.21. The number of hydrogen-bond acceptors (Lipinski definition) is 7. The molecule has 26 heavy (non-hydrogen) atoms. The van der Waals surface area contributed by atoms with Crippen molar-refractivity contribution in [3.8, 4) is 10.8 Å². The van der Waals surface area contributed by atoms with Crippen LogP contribution in [0.15, 0.2) is 50.1 Å². The van der Waals surface area contributed by atoms with Crippen LogP contribution >= 0.6 is 11.3 Å². The molecule has 3 heterocycles. The molecule has 0 unspecified atom stereocenters. The third-order valence-corrected chi connectivity index (χ3v) is 5.14. The van der Waals surface area contributed by atoms with Crippen LogP contribution in [0.3, 0.4) is 0 Å². The van der Waals surface area contributed by atoms with Crippen LogP contribution in [0.4, 0.5) is 0 Å². The van der Waals surface area contributed by atoms with Crippen LogP contribution in [-0.2, 0) is 6.42 Å². The summed E-state index contributed by atoms with van der Waals surface area (Å²) in [6, 6.07) is 11.5. The molecule has 5 aromatic rings.